The topological polar surface area (TPSA) is 29.5 Å². The number of esters is 1. The number of terminal acetylenes is 1. The first kappa shape index (κ1) is 13.0. The Kier molecular flexibility index (Phi) is 6.87. The highest BCUT2D eigenvalue weighted by Crippen LogP contribution is 1.99. The maximum atomic E-state index is 11.2. The summed E-state index contributed by atoms with van der Waals surface area (Å²) in [6.45, 7) is 7.38. The van der Waals surface area contributed by atoms with E-state index in [9.17, 15) is 4.79 Å². The molecule has 0 fully saturated rings. The van der Waals surface area contributed by atoms with E-state index in [0.717, 1.165) is 6.54 Å². The van der Waals surface area contributed by atoms with Crippen LogP contribution in [0, 0.1) is 12.3 Å². The fourth-order valence-corrected chi connectivity index (χ4v) is 1.10. The van der Waals surface area contributed by atoms with Gasteiger partial charge in [-0.2, -0.15) is 0 Å². The van der Waals surface area contributed by atoms with Crippen molar-refractivity contribution in [2.75, 3.05) is 19.7 Å². The van der Waals surface area contributed by atoms with Crippen LogP contribution in [-0.2, 0) is 9.53 Å². The van der Waals surface area contributed by atoms with Gasteiger partial charge < -0.3 is 4.74 Å². The standard InChI is InChI=1S/C11H19NO2/c1-5-7-8-12(10(3)4)9-11(13)14-6-2/h1,10H,6-9H2,2-4H3. The second-order valence-corrected chi connectivity index (χ2v) is 3.32. The van der Waals surface area contributed by atoms with Gasteiger partial charge in [0, 0.05) is 19.0 Å². The molecule has 0 radical (unpaired) electrons. The van der Waals surface area contributed by atoms with Gasteiger partial charge in [0.2, 0.25) is 0 Å². The number of hydrogen-bond acceptors (Lipinski definition) is 3. The van der Waals surface area contributed by atoms with Crippen LogP contribution in [0.4, 0.5) is 0 Å². The highest BCUT2D eigenvalue weighted by Gasteiger charge is 2.13. The van der Waals surface area contributed by atoms with E-state index in [1.54, 1.807) is 6.92 Å². The van der Waals surface area contributed by atoms with Gasteiger partial charge in [-0.25, -0.2) is 0 Å². The average Bonchev–Trinajstić information content (AvgIpc) is 2.12. The molecule has 0 aromatic rings. The van der Waals surface area contributed by atoms with Gasteiger partial charge in [-0.05, 0) is 20.8 Å². The summed E-state index contributed by atoms with van der Waals surface area (Å²) in [5, 5.41) is 0. The minimum absolute atomic E-state index is 0.182. The van der Waals surface area contributed by atoms with Gasteiger partial charge in [-0.1, -0.05) is 0 Å². The van der Waals surface area contributed by atoms with E-state index in [-0.39, 0.29) is 5.97 Å². The van der Waals surface area contributed by atoms with Crippen LogP contribution in [-0.4, -0.2) is 36.6 Å². The Morgan fingerprint density at radius 1 is 1.57 bits per heavy atom. The number of ether oxygens (including phenoxy) is 1. The molecule has 0 aliphatic carbocycles. The van der Waals surface area contributed by atoms with E-state index in [4.69, 9.17) is 11.2 Å². The number of nitrogens with zero attached hydrogens (tertiary/aromatic N) is 1. The predicted molar refractivity (Wildman–Crippen MR) is 56.8 cm³/mol. The Hall–Kier alpha value is -1.01. The Morgan fingerprint density at radius 3 is 2.64 bits per heavy atom. The van der Waals surface area contributed by atoms with Crippen molar-refractivity contribution in [3.63, 3.8) is 0 Å². The normalized spacial score (nSPS) is 10.3. The third kappa shape index (κ3) is 5.60. The highest BCUT2D eigenvalue weighted by atomic mass is 16.5. The largest absolute Gasteiger partial charge is 0.465 e. The van der Waals surface area contributed by atoms with Crippen LogP contribution >= 0.6 is 0 Å². The molecule has 80 valence electrons. The Morgan fingerprint density at radius 2 is 2.21 bits per heavy atom. The molecule has 14 heavy (non-hydrogen) atoms. The molecule has 0 aromatic heterocycles. The number of hydrogen-bond donors (Lipinski definition) is 0. The van der Waals surface area contributed by atoms with Crippen molar-refractivity contribution in [2.45, 2.75) is 33.2 Å². The maximum Gasteiger partial charge on any atom is 0.320 e. The maximum absolute atomic E-state index is 11.2. The molecule has 0 spiro atoms. The zero-order valence-electron chi connectivity index (χ0n) is 9.25. The zero-order chi connectivity index (χ0) is 11.0. The second-order valence-electron chi connectivity index (χ2n) is 3.32. The minimum atomic E-state index is -0.182. The van der Waals surface area contributed by atoms with E-state index < -0.39 is 0 Å². The van der Waals surface area contributed by atoms with Gasteiger partial charge in [-0.15, -0.1) is 12.3 Å². The smallest absolute Gasteiger partial charge is 0.320 e. The molecule has 0 unspecified atom stereocenters. The lowest BCUT2D eigenvalue weighted by atomic mass is 10.3. The van der Waals surface area contributed by atoms with Crippen LogP contribution < -0.4 is 0 Å². The van der Waals surface area contributed by atoms with Crippen LogP contribution in [0.2, 0.25) is 0 Å². The van der Waals surface area contributed by atoms with Crippen LogP contribution in [0.25, 0.3) is 0 Å². The second kappa shape index (κ2) is 7.40. The summed E-state index contributed by atoms with van der Waals surface area (Å²) < 4.78 is 4.87. The monoisotopic (exact) mass is 197 g/mol. The lowest BCUT2D eigenvalue weighted by Gasteiger charge is -2.24. The van der Waals surface area contributed by atoms with Crippen molar-refractivity contribution in [1.29, 1.82) is 0 Å². The van der Waals surface area contributed by atoms with E-state index in [2.05, 4.69) is 5.92 Å². The summed E-state index contributed by atoms with van der Waals surface area (Å²) in [5.41, 5.74) is 0. The van der Waals surface area contributed by atoms with Gasteiger partial charge in [0.25, 0.3) is 0 Å². The lowest BCUT2D eigenvalue weighted by molar-refractivity contribution is -0.144. The molecule has 3 nitrogen and oxygen atoms in total. The molecule has 0 saturated heterocycles. The van der Waals surface area contributed by atoms with Crippen LogP contribution in [0.3, 0.4) is 0 Å². The summed E-state index contributed by atoms with van der Waals surface area (Å²) in [6.07, 6.45) is 5.84. The predicted octanol–water partition coefficient (Wildman–Crippen LogP) is 1.28. The first-order chi connectivity index (χ1) is 6.61. The summed E-state index contributed by atoms with van der Waals surface area (Å²) in [4.78, 5) is 13.2. The average molecular weight is 197 g/mol. The van der Waals surface area contributed by atoms with E-state index in [1.165, 1.54) is 0 Å². The van der Waals surface area contributed by atoms with Gasteiger partial charge in [-0.3, -0.25) is 9.69 Å². The molecular formula is C11H19NO2. The Balaban J connectivity index is 3.97. The molecule has 0 aliphatic heterocycles. The summed E-state index contributed by atoms with van der Waals surface area (Å²) in [6, 6.07) is 0.313. The minimum Gasteiger partial charge on any atom is -0.465 e. The van der Waals surface area contributed by atoms with Crippen molar-refractivity contribution in [3.8, 4) is 12.3 Å². The van der Waals surface area contributed by atoms with Crippen LogP contribution in [0.5, 0.6) is 0 Å². The molecule has 0 saturated carbocycles. The summed E-state index contributed by atoms with van der Waals surface area (Å²) in [5.74, 6) is 2.38. The SMILES string of the molecule is C#CCCN(CC(=O)OCC)C(C)C. The molecular weight excluding hydrogens is 178 g/mol. The third-order valence-electron chi connectivity index (χ3n) is 1.91. The first-order valence-corrected chi connectivity index (χ1v) is 4.95. The molecule has 0 bridgehead atoms. The van der Waals surface area contributed by atoms with E-state index in [0.29, 0.717) is 25.6 Å². The summed E-state index contributed by atoms with van der Waals surface area (Å²) >= 11 is 0. The van der Waals surface area contributed by atoms with E-state index in [1.807, 2.05) is 18.7 Å². The molecule has 0 heterocycles. The van der Waals surface area contributed by atoms with Crippen molar-refractivity contribution in [2.24, 2.45) is 0 Å². The first-order valence-electron chi connectivity index (χ1n) is 4.95. The summed E-state index contributed by atoms with van der Waals surface area (Å²) in [7, 11) is 0. The lowest BCUT2D eigenvalue weighted by Crippen LogP contribution is -2.37. The fraction of sp³-hybridized carbons (Fsp3) is 0.727. The van der Waals surface area contributed by atoms with Crippen molar-refractivity contribution in [1.82, 2.24) is 4.90 Å². The molecule has 0 aliphatic rings. The Labute approximate surface area is 86.4 Å². The van der Waals surface area contributed by atoms with Gasteiger partial charge in [0.1, 0.15) is 0 Å². The number of carbonyl (C=O) groups is 1. The molecule has 0 amide bonds. The molecule has 0 N–H and O–H groups in total. The van der Waals surface area contributed by atoms with Crippen molar-refractivity contribution >= 4 is 5.97 Å². The van der Waals surface area contributed by atoms with Crippen LogP contribution in [0.15, 0.2) is 0 Å². The fourth-order valence-electron chi connectivity index (χ4n) is 1.10. The number of carbonyl (C=O) groups excluding carboxylic acids is 1. The third-order valence-corrected chi connectivity index (χ3v) is 1.91. The quantitative estimate of drug-likeness (QED) is 0.474. The zero-order valence-corrected chi connectivity index (χ0v) is 9.25. The molecule has 3 heteroatoms. The van der Waals surface area contributed by atoms with Gasteiger partial charge >= 0.3 is 5.97 Å². The van der Waals surface area contributed by atoms with Gasteiger partial charge in [0.15, 0.2) is 0 Å². The molecule has 0 atom stereocenters. The van der Waals surface area contributed by atoms with Gasteiger partial charge in [0.05, 0.1) is 13.2 Å². The van der Waals surface area contributed by atoms with Crippen molar-refractivity contribution < 1.29 is 9.53 Å². The Bertz CT molecular complexity index is 206. The number of rotatable bonds is 6. The molecule has 0 aromatic carbocycles. The highest BCUT2D eigenvalue weighted by molar-refractivity contribution is 5.71. The van der Waals surface area contributed by atoms with Crippen LogP contribution in [0.1, 0.15) is 27.2 Å². The van der Waals surface area contributed by atoms with Crippen molar-refractivity contribution in [3.05, 3.63) is 0 Å². The molecule has 0 rings (SSSR count). The van der Waals surface area contributed by atoms with E-state index >= 15 is 0 Å².